The van der Waals surface area contributed by atoms with Crippen molar-refractivity contribution < 1.29 is 10.2 Å². The number of aliphatic hydroxyl groups excluding tert-OH is 2. The van der Waals surface area contributed by atoms with Crippen LogP contribution >= 0.6 is 0 Å². The van der Waals surface area contributed by atoms with Crippen LogP contribution in [0.3, 0.4) is 0 Å². The van der Waals surface area contributed by atoms with Crippen molar-refractivity contribution in [3.05, 3.63) is 11.5 Å². The van der Waals surface area contributed by atoms with Crippen LogP contribution in [-0.4, -0.2) is 35.9 Å². The molecule has 0 aromatic heterocycles. The first-order chi connectivity index (χ1) is 6.75. The fourth-order valence-corrected chi connectivity index (χ4v) is 1.71. The van der Waals surface area contributed by atoms with Crippen LogP contribution < -0.4 is 21.3 Å². The molecule has 2 rings (SSSR count). The van der Waals surface area contributed by atoms with Crippen LogP contribution in [0.15, 0.2) is 11.5 Å². The Morgan fingerprint density at radius 2 is 1.86 bits per heavy atom. The Morgan fingerprint density at radius 3 is 2.50 bits per heavy atom. The zero-order chi connectivity index (χ0) is 9.97. The predicted molar refractivity (Wildman–Crippen MR) is 50.6 cm³/mol. The monoisotopic (exact) mass is 200 g/mol. The van der Waals surface area contributed by atoms with Crippen molar-refractivity contribution in [3.63, 3.8) is 0 Å². The van der Waals surface area contributed by atoms with E-state index >= 15 is 0 Å². The molecule has 0 aromatic carbocycles. The minimum Gasteiger partial charge on any atom is -0.393 e. The van der Waals surface area contributed by atoms with Crippen LogP contribution in [0.25, 0.3) is 0 Å². The molecular formula is C8H16N4O2. The van der Waals surface area contributed by atoms with Crippen LogP contribution in [0.5, 0.6) is 0 Å². The maximum absolute atomic E-state index is 9.48. The van der Waals surface area contributed by atoms with Crippen LogP contribution in [0, 0.1) is 0 Å². The molecule has 6 heteroatoms. The standard InChI is InChI=1S/C8H16N4O2/c13-5-1-6(12-7(14)2-5)8-10-3-9-4-11-8/h5,7,9-14H,1-4H2. The van der Waals surface area contributed by atoms with Gasteiger partial charge >= 0.3 is 0 Å². The van der Waals surface area contributed by atoms with Crippen LogP contribution in [0.4, 0.5) is 0 Å². The number of rotatable bonds is 0. The van der Waals surface area contributed by atoms with Gasteiger partial charge in [0.1, 0.15) is 12.0 Å². The molecule has 80 valence electrons. The second kappa shape index (κ2) is 4.04. The van der Waals surface area contributed by atoms with E-state index in [1.807, 2.05) is 0 Å². The summed E-state index contributed by atoms with van der Waals surface area (Å²) in [6.07, 6.45) is -0.187. The summed E-state index contributed by atoms with van der Waals surface area (Å²) in [4.78, 5) is 0. The number of hydrogen-bond donors (Lipinski definition) is 6. The van der Waals surface area contributed by atoms with Crippen LogP contribution in [0.1, 0.15) is 12.8 Å². The lowest BCUT2D eigenvalue weighted by molar-refractivity contribution is 0.0422. The van der Waals surface area contributed by atoms with Gasteiger partial charge in [0.05, 0.1) is 25.1 Å². The largest absolute Gasteiger partial charge is 0.393 e. The molecule has 2 atom stereocenters. The molecule has 2 aliphatic heterocycles. The third-order valence-corrected chi connectivity index (χ3v) is 2.36. The Balaban J connectivity index is 2.06. The summed E-state index contributed by atoms with van der Waals surface area (Å²) in [5.74, 6) is 0.863. The van der Waals surface area contributed by atoms with Crippen molar-refractivity contribution in [2.24, 2.45) is 0 Å². The highest BCUT2D eigenvalue weighted by atomic mass is 16.3. The molecule has 14 heavy (non-hydrogen) atoms. The van der Waals surface area contributed by atoms with Crippen molar-refractivity contribution in [3.8, 4) is 0 Å². The lowest BCUT2D eigenvalue weighted by Crippen LogP contribution is -2.50. The Kier molecular flexibility index (Phi) is 2.76. The highest BCUT2D eigenvalue weighted by molar-refractivity contribution is 5.14. The van der Waals surface area contributed by atoms with E-state index in [4.69, 9.17) is 0 Å². The first kappa shape index (κ1) is 9.57. The molecule has 6 N–H and O–H groups in total. The summed E-state index contributed by atoms with van der Waals surface area (Å²) in [6.45, 7) is 1.39. The fraction of sp³-hybridized carbons (Fsp3) is 0.750. The number of aliphatic hydroxyl groups is 2. The molecule has 0 amide bonds. The van der Waals surface area contributed by atoms with Crippen molar-refractivity contribution >= 4 is 0 Å². The summed E-state index contributed by atoms with van der Waals surface area (Å²) in [5, 5.41) is 31.1. The van der Waals surface area contributed by atoms with E-state index in [2.05, 4.69) is 21.3 Å². The van der Waals surface area contributed by atoms with Crippen molar-refractivity contribution in [2.45, 2.75) is 25.2 Å². The van der Waals surface area contributed by atoms with Gasteiger partial charge in [-0.1, -0.05) is 0 Å². The SMILES string of the molecule is OC1CC(=C2NCNCN2)NC(O)C1. The summed E-state index contributed by atoms with van der Waals surface area (Å²) in [5.41, 5.74) is 0.845. The highest BCUT2D eigenvalue weighted by Gasteiger charge is 2.23. The van der Waals surface area contributed by atoms with E-state index in [9.17, 15) is 10.2 Å². The average molecular weight is 200 g/mol. The topological polar surface area (TPSA) is 88.6 Å². The normalized spacial score (nSPS) is 33.0. The van der Waals surface area contributed by atoms with E-state index in [1.165, 1.54) is 0 Å². The number of piperidine rings is 1. The van der Waals surface area contributed by atoms with Gasteiger partial charge in [0, 0.05) is 12.8 Å². The van der Waals surface area contributed by atoms with Gasteiger partial charge in [0.25, 0.3) is 0 Å². The van der Waals surface area contributed by atoms with Gasteiger partial charge in [0.15, 0.2) is 0 Å². The summed E-state index contributed by atoms with van der Waals surface area (Å²) >= 11 is 0. The van der Waals surface area contributed by atoms with Gasteiger partial charge in [0.2, 0.25) is 0 Å². The zero-order valence-electron chi connectivity index (χ0n) is 7.88. The van der Waals surface area contributed by atoms with Crippen LogP contribution in [-0.2, 0) is 0 Å². The third-order valence-electron chi connectivity index (χ3n) is 2.36. The minimum absolute atomic E-state index is 0.384. The summed E-state index contributed by atoms with van der Waals surface area (Å²) < 4.78 is 0. The second-order valence-corrected chi connectivity index (χ2v) is 3.56. The highest BCUT2D eigenvalue weighted by Crippen LogP contribution is 2.16. The van der Waals surface area contributed by atoms with Crippen molar-refractivity contribution in [1.29, 1.82) is 0 Å². The quantitative estimate of drug-likeness (QED) is 0.269. The molecule has 0 aliphatic carbocycles. The fourth-order valence-electron chi connectivity index (χ4n) is 1.71. The third kappa shape index (κ3) is 2.09. The molecule has 0 bridgehead atoms. The smallest absolute Gasteiger partial charge is 0.126 e. The zero-order valence-corrected chi connectivity index (χ0v) is 7.88. The molecule has 2 aliphatic rings. The summed E-state index contributed by atoms with van der Waals surface area (Å²) in [7, 11) is 0. The number of nitrogens with one attached hydrogen (secondary N) is 4. The molecule has 0 radical (unpaired) electrons. The van der Waals surface area contributed by atoms with E-state index in [-0.39, 0.29) is 0 Å². The van der Waals surface area contributed by atoms with E-state index in [1.54, 1.807) is 0 Å². The number of hydrogen-bond acceptors (Lipinski definition) is 6. The summed E-state index contributed by atoms with van der Waals surface area (Å²) in [6, 6.07) is 0. The van der Waals surface area contributed by atoms with Gasteiger partial charge < -0.3 is 26.2 Å². The molecule has 2 fully saturated rings. The van der Waals surface area contributed by atoms with Gasteiger partial charge in [-0.05, 0) is 0 Å². The molecule has 6 nitrogen and oxygen atoms in total. The maximum Gasteiger partial charge on any atom is 0.126 e. The lowest BCUT2D eigenvalue weighted by Gasteiger charge is -2.31. The Bertz CT molecular complexity index is 223. The van der Waals surface area contributed by atoms with E-state index in [0.29, 0.717) is 26.2 Å². The average Bonchev–Trinajstić information content (AvgIpc) is 2.18. The molecule has 0 saturated carbocycles. The Morgan fingerprint density at radius 1 is 1.14 bits per heavy atom. The van der Waals surface area contributed by atoms with Gasteiger partial charge in [-0.2, -0.15) is 0 Å². The molecule has 2 saturated heterocycles. The molecule has 0 spiro atoms. The first-order valence-electron chi connectivity index (χ1n) is 4.80. The van der Waals surface area contributed by atoms with Crippen LogP contribution in [0.2, 0.25) is 0 Å². The Labute approximate surface area is 82.4 Å². The van der Waals surface area contributed by atoms with E-state index < -0.39 is 12.3 Å². The van der Waals surface area contributed by atoms with Crippen molar-refractivity contribution in [2.75, 3.05) is 13.3 Å². The second-order valence-electron chi connectivity index (χ2n) is 3.56. The molecule has 2 heterocycles. The molecule has 2 unspecified atom stereocenters. The first-order valence-corrected chi connectivity index (χ1v) is 4.80. The molecular weight excluding hydrogens is 184 g/mol. The Hall–Kier alpha value is -0.980. The predicted octanol–water partition coefficient (Wildman–Crippen LogP) is -2.08. The van der Waals surface area contributed by atoms with Gasteiger partial charge in [-0.25, -0.2) is 0 Å². The minimum atomic E-state index is -0.653. The molecule has 0 aromatic rings. The van der Waals surface area contributed by atoms with Gasteiger partial charge in [-0.15, -0.1) is 0 Å². The lowest BCUT2D eigenvalue weighted by atomic mass is 10.0. The van der Waals surface area contributed by atoms with E-state index in [0.717, 1.165) is 11.5 Å². The maximum atomic E-state index is 9.48. The van der Waals surface area contributed by atoms with Crippen molar-refractivity contribution in [1.82, 2.24) is 21.3 Å². The van der Waals surface area contributed by atoms with Gasteiger partial charge in [-0.3, -0.25) is 5.32 Å².